The minimum absolute atomic E-state index is 0.244. The zero-order valence-corrected chi connectivity index (χ0v) is 9.09. The van der Waals surface area contributed by atoms with Crippen molar-refractivity contribution >= 4 is 11.6 Å². The molecule has 1 N–H and O–H groups in total. The number of nitrogens with one attached hydrogen (secondary N) is 1. The number of aromatic nitrogens is 1. The first kappa shape index (κ1) is 11.2. The fourth-order valence-corrected chi connectivity index (χ4v) is 1.65. The summed E-state index contributed by atoms with van der Waals surface area (Å²) in [6, 6.07) is 2.19. The molecular weight excluding hydrogens is 196 g/mol. The van der Waals surface area contributed by atoms with Crippen molar-refractivity contribution in [3.05, 3.63) is 41.7 Å². The summed E-state index contributed by atoms with van der Waals surface area (Å²) in [6.07, 6.45) is 6.20. The molecule has 0 radical (unpaired) electrons. The van der Waals surface area contributed by atoms with E-state index in [1.54, 1.807) is 12.4 Å². The molecule has 1 unspecified atom stereocenters. The molecule has 2 nitrogen and oxygen atoms in total. The standard InChI is InChI=1S/C11H15ClN2/c1-3-5-11(14-4-2)9-6-7-13-8-10(9)12/h3,6-8,11,14H,1,4-5H2,2H3. The van der Waals surface area contributed by atoms with Gasteiger partial charge in [-0.25, -0.2) is 0 Å². The second-order valence-electron chi connectivity index (χ2n) is 3.03. The highest BCUT2D eigenvalue weighted by Crippen LogP contribution is 2.24. The molecule has 14 heavy (non-hydrogen) atoms. The summed E-state index contributed by atoms with van der Waals surface area (Å²) >= 11 is 6.05. The van der Waals surface area contributed by atoms with Gasteiger partial charge in [-0.05, 0) is 24.6 Å². The zero-order chi connectivity index (χ0) is 10.4. The first-order valence-electron chi connectivity index (χ1n) is 4.73. The van der Waals surface area contributed by atoms with Gasteiger partial charge in [0.05, 0.1) is 5.02 Å². The monoisotopic (exact) mass is 210 g/mol. The Morgan fingerprint density at radius 1 is 1.71 bits per heavy atom. The SMILES string of the molecule is C=CCC(NCC)c1ccncc1Cl. The molecule has 0 aromatic carbocycles. The number of nitrogens with zero attached hydrogens (tertiary/aromatic N) is 1. The third kappa shape index (κ3) is 2.82. The molecule has 0 aliphatic heterocycles. The average molecular weight is 211 g/mol. The fourth-order valence-electron chi connectivity index (χ4n) is 1.40. The van der Waals surface area contributed by atoms with Crippen molar-refractivity contribution in [3.8, 4) is 0 Å². The van der Waals surface area contributed by atoms with E-state index in [4.69, 9.17) is 11.6 Å². The van der Waals surface area contributed by atoms with Crippen molar-refractivity contribution in [2.24, 2.45) is 0 Å². The normalized spacial score (nSPS) is 12.4. The highest BCUT2D eigenvalue weighted by Gasteiger charge is 2.11. The maximum absolute atomic E-state index is 6.05. The summed E-state index contributed by atoms with van der Waals surface area (Å²) in [6.45, 7) is 6.73. The number of hydrogen-bond acceptors (Lipinski definition) is 2. The zero-order valence-electron chi connectivity index (χ0n) is 8.33. The Morgan fingerprint density at radius 3 is 3.07 bits per heavy atom. The van der Waals surface area contributed by atoms with Crippen LogP contribution in [0.5, 0.6) is 0 Å². The van der Waals surface area contributed by atoms with Gasteiger partial charge in [-0.15, -0.1) is 6.58 Å². The Hall–Kier alpha value is -0.860. The van der Waals surface area contributed by atoms with E-state index in [0.29, 0.717) is 5.02 Å². The van der Waals surface area contributed by atoms with E-state index >= 15 is 0 Å². The largest absolute Gasteiger partial charge is 0.310 e. The summed E-state index contributed by atoms with van der Waals surface area (Å²) in [4.78, 5) is 3.96. The summed E-state index contributed by atoms with van der Waals surface area (Å²) in [5.41, 5.74) is 1.09. The first-order valence-corrected chi connectivity index (χ1v) is 5.11. The van der Waals surface area contributed by atoms with Crippen LogP contribution in [0.4, 0.5) is 0 Å². The maximum Gasteiger partial charge on any atom is 0.0637 e. The van der Waals surface area contributed by atoms with Crippen molar-refractivity contribution < 1.29 is 0 Å². The third-order valence-corrected chi connectivity index (χ3v) is 2.35. The Morgan fingerprint density at radius 2 is 2.50 bits per heavy atom. The van der Waals surface area contributed by atoms with Crippen LogP contribution < -0.4 is 5.32 Å². The van der Waals surface area contributed by atoms with Gasteiger partial charge in [0.15, 0.2) is 0 Å². The van der Waals surface area contributed by atoms with Crippen LogP contribution in [0.15, 0.2) is 31.1 Å². The molecule has 1 aromatic rings. The van der Waals surface area contributed by atoms with Crippen molar-refractivity contribution in [3.63, 3.8) is 0 Å². The number of pyridine rings is 1. The molecule has 1 atom stereocenters. The molecule has 0 fully saturated rings. The van der Waals surface area contributed by atoms with Crippen LogP contribution in [0.1, 0.15) is 24.9 Å². The third-order valence-electron chi connectivity index (χ3n) is 2.03. The second-order valence-corrected chi connectivity index (χ2v) is 3.44. The lowest BCUT2D eigenvalue weighted by atomic mass is 10.1. The number of rotatable bonds is 5. The van der Waals surface area contributed by atoms with Gasteiger partial charge in [-0.3, -0.25) is 4.98 Å². The van der Waals surface area contributed by atoms with E-state index in [2.05, 4.69) is 23.8 Å². The Labute approximate surface area is 90.0 Å². The molecule has 1 aromatic heterocycles. The van der Waals surface area contributed by atoms with Gasteiger partial charge in [-0.1, -0.05) is 24.6 Å². The van der Waals surface area contributed by atoms with Gasteiger partial charge in [0.25, 0.3) is 0 Å². The lowest BCUT2D eigenvalue weighted by molar-refractivity contribution is 0.559. The second kappa shape index (κ2) is 5.78. The first-order chi connectivity index (χ1) is 6.79. The molecule has 0 saturated carbocycles. The summed E-state index contributed by atoms with van der Waals surface area (Å²) in [5, 5.41) is 4.07. The smallest absolute Gasteiger partial charge is 0.0637 e. The van der Waals surface area contributed by atoms with Crippen LogP contribution in [-0.4, -0.2) is 11.5 Å². The summed E-state index contributed by atoms with van der Waals surface area (Å²) in [5.74, 6) is 0. The Balaban J connectivity index is 2.86. The molecule has 1 heterocycles. The predicted octanol–water partition coefficient (Wildman–Crippen LogP) is 2.96. The molecule has 0 saturated heterocycles. The lowest BCUT2D eigenvalue weighted by Gasteiger charge is -2.17. The van der Waals surface area contributed by atoms with Crippen molar-refractivity contribution in [1.29, 1.82) is 0 Å². The predicted molar refractivity (Wildman–Crippen MR) is 60.5 cm³/mol. The molecule has 0 spiro atoms. The highest BCUT2D eigenvalue weighted by atomic mass is 35.5. The maximum atomic E-state index is 6.05. The van der Waals surface area contributed by atoms with E-state index in [9.17, 15) is 0 Å². The minimum Gasteiger partial charge on any atom is -0.310 e. The minimum atomic E-state index is 0.244. The van der Waals surface area contributed by atoms with Crippen LogP contribution in [0.25, 0.3) is 0 Å². The molecule has 0 bridgehead atoms. The Bertz CT molecular complexity index is 299. The lowest BCUT2D eigenvalue weighted by Crippen LogP contribution is -2.20. The van der Waals surface area contributed by atoms with E-state index in [0.717, 1.165) is 18.5 Å². The summed E-state index contributed by atoms with van der Waals surface area (Å²) in [7, 11) is 0. The van der Waals surface area contributed by atoms with Gasteiger partial charge in [-0.2, -0.15) is 0 Å². The van der Waals surface area contributed by atoms with Gasteiger partial charge < -0.3 is 5.32 Å². The fraction of sp³-hybridized carbons (Fsp3) is 0.364. The van der Waals surface area contributed by atoms with Crippen LogP contribution >= 0.6 is 11.6 Å². The quantitative estimate of drug-likeness (QED) is 0.756. The highest BCUT2D eigenvalue weighted by molar-refractivity contribution is 6.31. The van der Waals surface area contributed by atoms with Gasteiger partial charge in [0.1, 0.15) is 0 Å². The van der Waals surface area contributed by atoms with Crippen LogP contribution in [-0.2, 0) is 0 Å². The molecule has 76 valence electrons. The van der Waals surface area contributed by atoms with E-state index in [1.165, 1.54) is 0 Å². The molecule has 0 amide bonds. The van der Waals surface area contributed by atoms with Gasteiger partial charge in [0.2, 0.25) is 0 Å². The van der Waals surface area contributed by atoms with Crippen molar-refractivity contribution in [2.75, 3.05) is 6.54 Å². The molecule has 1 rings (SSSR count). The van der Waals surface area contributed by atoms with Gasteiger partial charge in [0, 0.05) is 18.4 Å². The summed E-state index contributed by atoms with van der Waals surface area (Å²) < 4.78 is 0. The van der Waals surface area contributed by atoms with E-state index < -0.39 is 0 Å². The van der Waals surface area contributed by atoms with E-state index in [-0.39, 0.29) is 6.04 Å². The van der Waals surface area contributed by atoms with Crippen molar-refractivity contribution in [2.45, 2.75) is 19.4 Å². The topological polar surface area (TPSA) is 24.9 Å². The number of hydrogen-bond donors (Lipinski definition) is 1. The van der Waals surface area contributed by atoms with E-state index in [1.807, 2.05) is 12.1 Å². The molecular formula is C11H15ClN2. The molecule has 3 heteroatoms. The number of halogens is 1. The van der Waals surface area contributed by atoms with Gasteiger partial charge >= 0.3 is 0 Å². The van der Waals surface area contributed by atoms with Crippen molar-refractivity contribution in [1.82, 2.24) is 10.3 Å². The Kier molecular flexibility index (Phi) is 4.63. The van der Waals surface area contributed by atoms with Crippen LogP contribution in [0, 0.1) is 0 Å². The van der Waals surface area contributed by atoms with Crippen LogP contribution in [0.2, 0.25) is 5.02 Å². The average Bonchev–Trinajstić information content (AvgIpc) is 2.18. The van der Waals surface area contributed by atoms with Crippen LogP contribution in [0.3, 0.4) is 0 Å². The molecule has 0 aliphatic rings. The molecule has 0 aliphatic carbocycles.